The number of hydrogen-bond donors (Lipinski definition) is 0. The van der Waals surface area contributed by atoms with E-state index in [0.29, 0.717) is 23.6 Å². The molecule has 2 heterocycles. The zero-order valence-electron chi connectivity index (χ0n) is 19.1. The minimum Gasteiger partial charge on any atom is -0.490 e. The smallest absolute Gasteiger partial charge is 0.348 e. The van der Waals surface area contributed by atoms with Gasteiger partial charge in [-0.3, -0.25) is 4.79 Å². The molecule has 9 nitrogen and oxygen atoms in total. The number of para-hydroxylation sites is 1. The van der Waals surface area contributed by atoms with E-state index in [-0.39, 0.29) is 22.1 Å². The molecule has 1 aliphatic heterocycles. The Morgan fingerprint density at radius 1 is 1.00 bits per heavy atom. The van der Waals surface area contributed by atoms with Gasteiger partial charge < -0.3 is 18.9 Å². The summed E-state index contributed by atoms with van der Waals surface area (Å²) in [6.07, 6.45) is 2.67. The van der Waals surface area contributed by atoms with Crippen molar-refractivity contribution in [3.8, 4) is 22.9 Å². The van der Waals surface area contributed by atoms with Gasteiger partial charge in [-0.05, 0) is 42.8 Å². The van der Waals surface area contributed by atoms with Crippen molar-refractivity contribution in [2.24, 2.45) is 0 Å². The maximum Gasteiger partial charge on any atom is 0.348 e. The lowest BCUT2D eigenvalue weighted by molar-refractivity contribution is -0.222. The number of benzene rings is 2. The molecule has 35 heavy (non-hydrogen) atoms. The lowest BCUT2D eigenvalue weighted by Gasteiger charge is -2.29. The summed E-state index contributed by atoms with van der Waals surface area (Å²) < 4.78 is 22.9. The van der Waals surface area contributed by atoms with Gasteiger partial charge in [-0.1, -0.05) is 35.9 Å². The second kappa shape index (κ2) is 9.63. The van der Waals surface area contributed by atoms with E-state index in [0.717, 1.165) is 4.68 Å². The third-order valence-electron chi connectivity index (χ3n) is 4.80. The minimum absolute atomic E-state index is 0.0394. The first kappa shape index (κ1) is 24.0. The first-order valence-electron chi connectivity index (χ1n) is 10.6. The number of aromatic nitrogens is 2. The van der Waals surface area contributed by atoms with Crippen LogP contribution in [0.4, 0.5) is 0 Å². The fourth-order valence-corrected chi connectivity index (χ4v) is 3.44. The van der Waals surface area contributed by atoms with Crippen molar-refractivity contribution in [3.63, 3.8) is 0 Å². The number of carbonyl (C=O) groups is 2. The largest absolute Gasteiger partial charge is 0.490 e. The van der Waals surface area contributed by atoms with Gasteiger partial charge in [0, 0.05) is 13.8 Å². The van der Waals surface area contributed by atoms with Crippen molar-refractivity contribution < 1.29 is 28.5 Å². The highest BCUT2D eigenvalue weighted by molar-refractivity contribution is 6.31. The standard InChI is InChI=1S/C25H21ClN2O7/c1-4-32-19-13-15(12-17-23(30)34-25(2,3)35-24(17)31)10-11-18(19)33-20-14-27-28(22(29)21(20)26)16-8-6-5-7-9-16/h5-14H,4H2,1-3H3. The summed E-state index contributed by atoms with van der Waals surface area (Å²) in [5, 5.41) is 3.99. The van der Waals surface area contributed by atoms with Crippen molar-refractivity contribution in [2.75, 3.05) is 6.61 Å². The van der Waals surface area contributed by atoms with Crippen LogP contribution >= 0.6 is 11.6 Å². The predicted octanol–water partition coefficient (Wildman–Crippen LogP) is 4.30. The normalized spacial score (nSPS) is 14.7. The molecular weight excluding hydrogens is 476 g/mol. The molecule has 10 heteroatoms. The third-order valence-corrected chi connectivity index (χ3v) is 5.15. The van der Waals surface area contributed by atoms with Crippen molar-refractivity contribution in [3.05, 3.63) is 81.2 Å². The number of hydrogen-bond acceptors (Lipinski definition) is 8. The number of rotatable bonds is 6. The highest BCUT2D eigenvalue weighted by Gasteiger charge is 2.38. The summed E-state index contributed by atoms with van der Waals surface area (Å²) in [5.74, 6) is -2.32. The Kier molecular flexibility index (Phi) is 6.61. The molecule has 0 saturated carbocycles. The molecule has 0 spiro atoms. The molecule has 0 unspecified atom stereocenters. The van der Waals surface area contributed by atoms with E-state index in [9.17, 15) is 14.4 Å². The molecule has 1 aromatic heterocycles. The van der Waals surface area contributed by atoms with Crippen LogP contribution in [-0.4, -0.2) is 34.1 Å². The molecule has 0 aliphatic carbocycles. The monoisotopic (exact) mass is 496 g/mol. The first-order chi connectivity index (χ1) is 16.7. The fraction of sp³-hybridized carbons (Fsp3) is 0.200. The van der Waals surface area contributed by atoms with Crippen LogP contribution in [0.15, 0.2) is 65.1 Å². The van der Waals surface area contributed by atoms with Crippen LogP contribution in [0, 0.1) is 0 Å². The first-order valence-corrected chi connectivity index (χ1v) is 11.0. The second-order valence-corrected chi connectivity index (χ2v) is 8.23. The number of esters is 2. The molecule has 1 aliphatic rings. The van der Waals surface area contributed by atoms with E-state index in [2.05, 4.69) is 5.10 Å². The van der Waals surface area contributed by atoms with Crippen LogP contribution in [0.3, 0.4) is 0 Å². The fourth-order valence-electron chi connectivity index (χ4n) is 3.27. The molecule has 180 valence electrons. The number of ether oxygens (including phenoxy) is 4. The van der Waals surface area contributed by atoms with Crippen LogP contribution in [0.25, 0.3) is 11.8 Å². The van der Waals surface area contributed by atoms with Crippen LogP contribution in [0.2, 0.25) is 5.02 Å². The topological polar surface area (TPSA) is 106 Å². The Morgan fingerprint density at radius 3 is 2.34 bits per heavy atom. The van der Waals surface area contributed by atoms with Crippen LogP contribution in [-0.2, 0) is 19.1 Å². The zero-order valence-corrected chi connectivity index (χ0v) is 19.9. The van der Waals surface area contributed by atoms with Crippen molar-refractivity contribution in [1.29, 1.82) is 0 Å². The lowest BCUT2D eigenvalue weighted by atomic mass is 10.1. The van der Waals surface area contributed by atoms with Crippen LogP contribution in [0.5, 0.6) is 17.2 Å². The lowest BCUT2D eigenvalue weighted by Crippen LogP contribution is -2.41. The Morgan fingerprint density at radius 2 is 1.69 bits per heavy atom. The third kappa shape index (κ3) is 5.20. The van der Waals surface area contributed by atoms with Gasteiger partial charge in [-0.15, -0.1) is 0 Å². The molecule has 4 rings (SSSR count). The van der Waals surface area contributed by atoms with E-state index in [1.54, 1.807) is 49.4 Å². The maximum absolute atomic E-state index is 12.7. The summed E-state index contributed by atoms with van der Waals surface area (Å²) in [6.45, 7) is 5.02. The highest BCUT2D eigenvalue weighted by atomic mass is 35.5. The number of nitrogens with zero attached hydrogens (tertiary/aromatic N) is 2. The number of cyclic esters (lactones) is 2. The number of carbonyl (C=O) groups excluding carboxylic acids is 2. The van der Waals surface area contributed by atoms with Crippen LogP contribution in [0.1, 0.15) is 26.3 Å². The van der Waals surface area contributed by atoms with Gasteiger partial charge in [0.05, 0.1) is 18.5 Å². The molecule has 0 radical (unpaired) electrons. The SMILES string of the molecule is CCOc1cc(C=C2C(=O)OC(C)(C)OC2=O)ccc1Oc1cnn(-c2ccccc2)c(=O)c1Cl. The Bertz CT molecular complexity index is 1360. The number of halogens is 1. The Labute approximate surface area is 205 Å². The van der Waals surface area contributed by atoms with Crippen molar-refractivity contribution in [2.45, 2.75) is 26.6 Å². The minimum atomic E-state index is -1.33. The summed E-state index contributed by atoms with van der Waals surface area (Å²) in [5.41, 5.74) is 0.221. The Balaban J connectivity index is 1.64. The average molecular weight is 497 g/mol. The molecule has 1 fully saturated rings. The van der Waals surface area contributed by atoms with E-state index in [4.69, 9.17) is 30.5 Å². The van der Waals surface area contributed by atoms with Gasteiger partial charge in [-0.25, -0.2) is 9.59 Å². The molecule has 0 atom stereocenters. The average Bonchev–Trinajstić information content (AvgIpc) is 2.81. The molecule has 2 aromatic carbocycles. The van der Waals surface area contributed by atoms with Gasteiger partial charge >= 0.3 is 11.9 Å². The zero-order chi connectivity index (χ0) is 25.2. The van der Waals surface area contributed by atoms with Gasteiger partial charge in [0.2, 0.25) is 0 Å². The molecule has 0 bridgehead atoms. The van der Waals surface area contributed by atoms with E-state index in [1.807, 2.05) is 6.07 Å². The van der Waals surface area contributed by atoms with Crippen molar-refractivity contribution >= 4 is 29.6 Å². The summed E-state index contributed by atoms with van der Waals surface area (Å²) >= 11 is 6.29. The summed E-state index contributed by atoms with van der Waals surface area (Å²) in [6, 6.07) is 13.6. The van der Waals surface area contributed by atoms with Gasteiger partial charge in [0.1, 0.15) is 5.57 Å². The second-order valence-electron chi connectivity index (χ2n) is 7.85. The molecule has 0 N–H and O–H groups in total. The highest BCUT2D eigenvalue weighted by Crippen LogP contribution is 2.35. The van der Waals surface area contributed by atoms with Gasteiger partial charge in [-0.2, -0.15) is 9.78 Å². The summed E-state index contributed by atoms with van der Waals surface area (Å²) in [4.78, 5) is 37.2. The summed E-state index contributed by atoms with van der Waals surface area (Å²) in [7, 11) is 0. The predicted molar refractivity (Wildman–Crippen MR) is 127 cm³/mol. The van der Waals surface area contributed by atoms with E-state index < -0.39 is 23.3 Å². The van der Waals surface area contributed by atoms with E-state index >= 15 is 0 Å². The molecule has 0 amide bonds. The molecule has 3 aromatic rings. The molecule has 1 saturated heterocycles. The van der Waals surface area contributed by atoms with Crippen molar-refractivity contribution in [1.82, 2.24) is 9.78 Å². The van der Waals surface area contributed by atoms with Gasteiger partial charge in [0.15, 0.2) is 22.3 Å². The molecular formula is C25H21ClN2O7. The Hall–Kier alpha value is -4.11. The van der Waals surface area contributed by atoms with E-state index in [1.165, 1.54) is 26.1 Å². The van der Waals surface area contributed by atoms with Gasteiger partial charge in [0.25, 0.3) is 11.3 Å². The van der Waals surface area contributed by atoms with Crippen LogP contribution < -0.4 is 15.0 Å². The quantitative estimate of drug-likeness (QED) is 0.282. The maximum atomic E-state index is 12.7.